The fourth-order valence-corrected chi connectivity index (χ4v) is 1.23. The zero-order valence-electron chi connectivity index (χ0n) is 9.51. The zero-order valence-corrected chi connectivity index (χ0v) is 9.51. The molecule has 0 aromatic carbocycles. The summed E-state index contributed by atoms with van der Waals surface area (Å²) in [6, 6.07) is 0. The van der Waals surface area contributed by atoms with Crippen molar-refractivity contribution in [1.82, 2.24) is 4.90 Å². The molecule has 80 valence electrons. The Morgan fingerprint density at radius 2 is 1.62 bits per heavy atom. The van der Waals surface area contributed by atoms with Crippen LogP contribution < -0.4 is 0 Å². The number of rotatable bonds is 9. The van der Waals surface area contributed by atoms with Crippen LogP contribution in [-0.2, 0) is 4.74 Å². The number of unbranched alkanes of at least 4 members (excludes halogenated alkanes) is 3. The van der Waals surface area contributed by atoms with E-state index in [9.17, 15) is 0 Å². The molecule has 2 heteroatoms. The Labute approximate surface area is 83.3 Å². The largest absolute Gasteiger partial charge is 0.366 e. The van der Waals surface area contributed by atoms with Gasteiger partial charge >= 0.3 is 0 Å². The Balaban J connectivity index is 3.05. The van der Waals surface area contributed by atoms with Gasteiger partial charge in [-0.2, -0.15) is 0 Å². The monoisotopic (exact) mass is 187 g/mol. The van der Waals surface area contributed by atoms with E-state index in [4.69, 9.17) is 4.74 Å². The normalized spacial score (nSPS) is 11.1. The van der Waals surface area contributed by atoms with Crippen molar-refractivity contribution >= 4 is 0 Å². The lowest BCUT2D eigenvalue weighted by Crippen LogP contribution is -2.26. The van der Waals surface area contributed by atoms with E-state index in [0.29, 0.717) is 0 Å². The lowest BCUT2D eigenvalue weighted by molar-refractivity contribution is 0.0323. The van der Waals surface area contributed by atoms with Gasteiger partial charge in [0.25, 0.3) is 0 Å². The molecular weight excluding hydrogens is 162 g/mol. The Bertz CT molecular complexity index is 92.1. The molecule has 0 aromatic rings. The Morgan fingerprint density at radius 1 is 0.923 bits per heavy atom. The number of hydrogen-bond donors (Lipinski definition) is 0. The first-order chi connectivity index (χ1) is 6.35. The Hall–Kier alpha value is -0.0800. The topological polar surface area (TPSA) is 12.5 Å². The predicted molar refractivity (Wildman–Crippen MR) is 57.9 cm³/mol. The standard InChI is InChI=1S/C11H25NO/c1-4-7-8-9-10-13-11-12(5-2)6-3/h4-11H2,1-3H3. The highest BCUT2D eigenvalue weighted by molar-refractivity contribution is 4.44. The lowest BCUT2D eigenvalue weighted by Gasteiger charge is -2.17. The molecule has 0 fully saturated rings. The molecule has 0 spiro atoms. The number of nitrogens with zero attached hydrogens (tertiary/aromatic N) is 1. The fourth-order valence-electron chi connectivity index (χ4n) is 1.23. The second kappa shape index (κ2) is 10.0. The van der Waals surface area contributed by atoms with Crippen LogP contribution in [0.25, 0.3) is 0 Å². The first-order valence-corrected chi connectivity index (χ1v) is 5.65. The summed E-state index contributed by atoms with van der Waals surface area (Å²) in [6.07, 6.45) is 5.18. The van der Waals surface area contributed by atoms with Crippen molar-refractivity contribution in [1.29, 1.82) is 0 Å². The second-order valence-electron chi connectivity index (χ2n) is 3.40. The van der Waals surface area contributed by atoms with Crippen molar-refractivity contribution in [3.05, 3.63) is 0 Å². The molecule has 0 N–H and O–H groups in total. The molecule has 13 heavy (non-hydrogen) atoms. The van der Waals surface area contributed by atoms with Gasteiger partial charge in [0.15, 0.2) is 0 Å². The summed E-state index contributed by atoms with van der Waals surface area (Å²) in [5.41, 5.74) is 0. The van der Waals surface area contributed by atoms with Crippen LogP contribution in [0.4, 0.5) is 0 Å². The summed E-state index contributed by atoms with van der Waals surface area (Å²) in [7, 11) is 0. The second-order valence-corrected chi connectivity index (χ2v) is 3.40. The van der Waals surface area contributed by atoms with Crippen LogP contribution in [0, 0.1) is 0 Å². The van der Waals surface area contributed by atoms with Gasteiger partial charge < -0.3 is 4.74 Å². The van der Waals surface area contributed by atoms with Gasteiger partial charge in [-0.3, -0.25) is 4.90 Å². The molecule has 0 saturated heterocycles. The van der Waals surface area contributed by atoms with Crippen molar-refractivity contribution in [2.75, 3.05) is 26.4 Å². The molecule has 0 unspecified atom stereocenters. The molecule has 0 amide bonds. The van der Waals surface area contributed by atoms with Crippen molar-refractivity contribution < 1.29 is 4.74 Å². The number of ether oxygens (including phenoxy) is 1. The highest BCUT2D eigenvalue weighted by atomic mass is 16.5. The minimum Gasteiger partial charge on any atom is -0.366 e. The highest BCUT2D eigenvalue weighted by Crippen LogP contribution is 1.99. The average Bonchev–Trinajstić information content (AvgIpc) is 2.17. The summed E-state index contributed by atoms with van der Waals surface area (Å²) >= 11 is 0. The van der Waals surface area contributed by atoms with Crippen molar-refractivity contribution in [2.24, 2.45) is 0 Å². The average molecular weight is 187 g/mol. The van der Waals surface area contributed by atoms with Gasteiger partial charge in [-0.15, -0.1) is 0 Å². The first-order valence-electron chi connectivity index (χ1n) is 5.65. The van der Waals surface area contributed by atoms with Crippen molar-refractivity contribution in [3.8, 4) is 0 Å². The Kier molecular flexibility index (Phi) is 9.94. The highest BCUT2D eigenvalue weighted by Gasteiger charge is 1.97. The maximum absolute atomic E-state index is 5.55. The third-order valence-corrected chi connectivity index (χ3v) is 2.31. The molecule has 0 bridgehead atoms. The summed E-state index contributed by atoms with van der Waals surface area (Å²) in [6.45, 7) is 10.5. The van der Waals surface area contributed by atoms with Gasteiger partial charge in [0, 0.05) is 6.61 Å². The molecule has 2 nitrogen and oxygen atoms in total. The minimum absolute atomic E-state index is 0.805. The van der Waals surface area contributed by atoms with E-state index in [0.717, 1.165) is 26.4 Å². The maximum Gasteiger partial charge on any atom is 0.0990 e. The summed E-state index contributed by atoms with van der Waals surface area (Å²) in [4.78, 5) is 2.29. The molecule has 0 atom stereocenters. The van der Waals surface area contributed by atoms with Gasteiger partial charge in [0.05, 0.1) is 6.73 Å². The third-order valence-electron chi connectivity index (χ3n) is 2.31. The SMILES string of the molecule is CCCCCCOCN(CC)CC. The van der Waals surface area contributed by atoms with E-state index in [-0.39, 0.29) is 0 Å². The molecule has 0 rings (SSSR count). The fraction of sp³-hybridized carbons (Fsp3) is 1.00. The summed E-state index contributed by atoms with van der Waals surface area (Å²) in [5.74, 6) is 0. The van der Waals surface area contributed by atoms with Gasteiger partial charge in [0.2, 0.25) is 0 Å². The van der Waals surface area contributed by atoms with E-state index in [2.05, 4.69) is 25.7 Å². The molecule has 0 saturated carbocycles. The molecule has 0 aliphatic carbocycles. The zero-order chi connectivity index (χ0) is 9.94. The summed E-state index contributed by atoms with van der Waals surface area (Å²) < 4.78 is 5.55. The smallest absolute Gasteiger partial charge is 0.0990 e. The first kappa shape index (κ1) is 12.9. The lowest BCUT2D eigenvalue weighted by atomic mass is 10.2. The predicted octanol–water partition coefficient (Wildman–Crippen LogP) is 2.88. The van der Waals surface area contributed by atoms with Gasteiger partial charge in [-0.1, -0.05) is 40.0 Å². The number of hydrogen-bond acceptors (Lipinski definition) is 2. The van der Waals surface area contributed by atoms with E-state index in [1.54, 1.807) is 0 Å². The molecule has 0 radical (unpaired) electrons. The van der Waals surface area contributed by atoms with Crippen LogP contribution in [0.3, 0.4) is 0 Å². The molecule has 0 aliphatic rings. The van der Waals surface area contributed by atoms with Crippen LogP contribution in [0.1, 0.15) is 46.5 Å². The van der Waals surface area contributed by atoms with Crippen LogP contribution in [0.5, 0.6) is 0 Å². The quantitative estimate of drug-likeness (QED) is 0.406. The van der Waals surface area contributed by atoms with Crippen LogP contribution in [0.2, 0.25) is 0 Å². The molecule has 0 aromatic heterocycles. The van der Waals surface area contributed by atoms with E-state index in [1.807, 2.05) is 0 Å². The summed E-state index contributed by atoms with van der Waals surface area (Å²) in [5, 5.41) is 0. The van der Waals surface area contributed by atoms with Gasteiger partial charge in [-0.25, -0.2) is 0 Å². The third kappa shape index (κ3) is 8.26. The van der Waals surface area contributed by atoms with Crippen LogP contribution >= 0.6 is 0 Å². The molecular formula is C11H25NO. The Morgan fingerprint density at radius 3 is 2.15 bits per heavy atom. The maximum atomic E-state index is 5.55. The minimum atomic E-state index is 0.805. The molecule has 0 aliphatic heterocycles. The molecule has 0 heterocycles. The van der Waals surface area contributed by atoms with Crippen molar-refractivity contribution in [3.63, 3.8) is 0 Å². The van der Waals surface area contributed by atoms with E-state index < -0.39 is 0 Å². The van der Waals surface area contributed by atoms with Gasteiger partial charge in [-0.05, 0) is 19.5 Å². The van der Waals surface area contributed by atoms with Crippen LogP contribution in [-0.4, -0.2) is 31.3 Å². The van der Waals surface area contributed by atoms with Crippen molar-refractivity contribution in [2.45, 2.75) is 46.5 Å². The van der Waals surface area contributed by atoms with Crippen LogP contribution in [0.15, 0.2) is 0 Å². The van der Waals surface area contributed by atoms with E-state index in [1.165, 1.54) is 25.7 Å². The van der Waals surface area contributed by atoms with E-state index >= 15 is 0 Å². The van der Waals surface area contributed by atoms with Gasteiger partial charge in [0.1, 0.15) is 0 Å².